The normalized spacial score (nSPS) is 18.0. The van der Waals surface area contributed by atoms with Crippen molar-refractivity contribution in [3.05, 3.63) is 35.2 Å². The van der Waals surface area contributed by atoms with E-state index in [4.69, 9.17) is 4.74 Å². The van der Waals surface area contributed by atoms with Gasteiger partial charge in [0.25, 0.3) is 5.91 Å². The van der Waals surface area contributed by atoms with Gasteiger partial charge in [-0.15, -0.1) is 0 Å². The second kappa shape index (κ2) is 6.25. The Bertz CT molecular complexity index is 916. The number of aromatic nitrogens is 6. The van der Waals surface area contributed by atoms with Crippen LogP contribution in [-0.2, 0) is 11.2 Å². The summed E-state index contributed by atoms with van der Waals surface area (Å²) >= 11 is 0. The SMILES string of the molecule is CCc1nc([C@@H]2CN(C(=O)c3cnc4n[nH]c(C)c4c3)CCO2)n[nH]1. The molecule has 0 aromatic carbocycles. The number of carbonyl (C=O) groups excluding carboxylic acids is 1. The summed E-state index contributed by atoms with van der Waals surface area (Å²) in [6, 6.07) is 1.83. The quantitative estimate of drug-likeness (QED) is 0.739. The summed E-state index contributed by atoms with van der Waals surface area (Å²) in [5.74, 6) is 1.33. The van der Waals surface area contributed by atoms with Crippen LogP contribution in [0.15, 0.2) is 12.3 Å². The summed E-state index contributed by atoms with van der Waals surface area (Å²) in [5.41, 5.74) is 2.05. The lowest BCUT2D eigenvalue weighted by atomic mass is 10.1. The maximum atomic E-state index is 12.9. The van der Waals surface area contributed by atoms with Gasteiger partial charge in [0.05, 0.1) is 18.7 Å². The highest BCUT2D eigenvalue weighted by Gasteiger charge is 2.29. The molecule has 25 heavy (non-hydrogen) atoms. The fraction of sp³-hybridized carbons (Fsp3) is 0.438. The van der Waals surface area contributed by atoms with Gasteiger partial charge in [0.2, 0.25) is 0 Å². The Morgan fingerprint density at radius 1 is 1.40 bits per heavy atom. The molecular formula is C16H19N7O2. The largest absolute Gasteiger partial charge is 0.366 e. The van der Waals surface area contributed by atoms with E-state index in [0.29, 0.717) is 36.7 Å². The maximum absolute atomic E-state index is 12.9. The monoisotopic (exact) mass is 341 g/mol. The zero-order valence-electron chi connectivity index (χ0n) is 14.1. The molecule has 1 fully saturated rings. The predicted molar refractivity (Wildman–Crippen MR) is 89.0 cm³/mol. The van der Waals surface area contributed by atoms with Gasteiger partial charge in [-0.05, 0) is 13.0 Å². The van der Waals surface area contributed by atoms with E-state index in [1.54, 1.807) is 11.1 Å². The second-order valence-corrected chi connectivity index (χ2v) is 6.05. The van der Waals surface area contributed by atoms with Gasteiger partial charge in [-0.1, -0.05) is 6.92 Å². The number of ether oxygens (including phenoxy) is 1. The van der Waals surface area contributed by atoms with Crippen LogP contribution in [0.3, 0.4) is 0 Å². The highest BCUT2D eigenvalue weighted by molar-refractivity contribution is 5.97. The number of rotatable bonds is 3. The molecule has 0 bridgehead atoms. The summed E-state index contributed by atoms with van der Waals surface area (Å²) in [7, 11) is 0. The molecule has 4 rings (SSSR count). The number of H-pyrrole nitrogens is 2. The van der Waals surface area contributed by atoms with Crippen molar-refractivity contribution in [2.24, 2.45) is 0 Å². The first-order valence-electron chi connectivity index (χ1n) is 8.28. The lowest BCUT2D eigenvalue weighted by molar-refractivity contribution is -0.0266. The molecule has 1 amide bonds. The van der Waals surface area contributed by atoms with Crippen LogP contribution < -0.4 is 0 Å². The molecule has 1 atom stereocenters. The number of fused-ring (bicyclic) bond motifs is 1. The third-order valence-corrected chi connectivity index (χ3v) is 4.37. The van der Waals surface area contributed by atoms with Gasteiger partial charge in [0.15, 0.2) is 11.5 Å². The van der Waals surface area contributed by atoms with Crippen LogP contribution in [0.5, 0.6) is 0 Å². The zero-order chi connectivity index (χ0) is 17.4. The lowest BCUT2D eigenvalue weighted by Gasteiger charge is -2.31. The van der Waals surface area contributed by atoms with E-state index in [9.17, 15) is 4.79 Å². The molecule has 0 aliphatic carbocycles. The molecule has 1 saturated heterocycles. The third kappa shape index (κ3) is 2.86. The fourth-order valence-corrected chi connectivity index (χ4v) is 2.92. The number of nitrogens with one attached hydrogen (secondary N) is 2. The molecule has 0 saturated carbocycles. The van der Waals surface area contributed by atoms with Crippen molar-refractivity contribution < 1.29 is 9.53 Å². The molecule has 3 aromatic heterocycles. The van der Waals surface area contributed by atoms with E-state index in [1.807, 2.05) is 19.9 Å². The summed E-state index contributed by atoms with van der Waals surface area (Å²) in [4.78, 5) is 23.3. The van der Waals surface area contributed by atoms with Crippen LogP contribution in [0.1, 0.15) is 40.7 Å². The predicted octanol–water partition coefficient (Wildman–Crippen LogP) is 1.16. The molecule has 2 N–H and O–H groups in total. The molecular weight excluding hydrogens is 322 g/mol. The molecule has 0 radical (unpaired) electrons. The second-order valence-electron chi connectivity index (χ2n) is 6.05. The number of carbonyl (C=O) groups is 1. The Morgan fingerprint density at radius 3 is 3.08 bits per heavy atom. The molecule has 9 heteroatoms. The number of nitrogens with zero attached hydrogens (tertiary/aromatic N) is 5. The van der Waals surface area contributed by atoms with Gasteiger partial charge in [-0.2, -0.15) is 10.2 Å². The molecule has 0 spiro atoms. The minimum Gasteiger partial charge on any atom is -0.366 e. The van der Waals surface area contributed by atoms with E-state index in [0.717, 1.165) is 23.3 Å². The van der Waals surface area contributed by atoms with E-state index in [1.165, 1.54) is 0 Å². The summed E-state index contributed by atoms with van der Waals surface area (Å²) in [6.45, 7) is 5.31. The van der Waals surface area contributed by atoms with Crippen molar-refractivity contribution in [2.75, 3.05) is 19.7 Å². The highest BCUT2D eigenvalue weighted by atomic mass is 16.5. The van der Waals surface area contributed by atoms with Gasteiger partial charge >= 0.3 is 0 Å². The molecule has 0 unspecified atom stereocenters. The van der Waals surface area contributed by atoms with E-state index >= 15 is 0 Å². The Hall–Kier alpha value is -2.81. The Labute approximate surface area is 143 Å². The van der Waals surface area contributed by atoms with Crippen LogP contribution in [0, 0.1) is 6.92 Å². The smallest absolute Gasteiger partial charge is 0.255 e. The third-order valence-electron chi connectivity index (χ3n) is 4.37. The van der Waals surface area contributed by atoms with Crippen LogP contribution in [0.4, 0.5) is 0 Å². The average Bonchev–Trinajstić information content (AvgIpc) is 3.28. The Morgan fingerprint density at radius 2 is 2.28 bits per heavy atom. The summed E-state index contributed by atoms with van der Waals surface area (Å²) in [5, 5.41) is 14.9. The average molecular weight is 341 g/mol. The van der Waals surface area contributed by atoms with Crippen molar-refractivity contribution in [1.29, 1.82) is 0 Å². The van der Waals surface area contributed by atoms with E-state index < -0.39 is 0 Å². The van der Waals surface area contributed by atoms with E-state index in [2.05, 4.69) is 30.4 Å². The first-order valence-corrected chi connectivity index (χ1v) is 8.28. The zero-order valence-corrected chi connectivity index (χ0v) is 14.1. The number of hydrogen-bond donors (Lipinski definition) is 2. The maximum Gasteiger partial charge on any atom is 0.255 e. The van der Waals surface area contributed by atoms with Gasteiger partial charge in [-0.3, -0.25) is 15.0 Å². The van der Waals surface area contributed by atoms with Crippen LogP contribution in [-0.4, -0.2) is 60.9 Å². The van der Waals surface area contributed by atoms with E-state index in [-0.39, 0.29) is 12.0 Å². The summed E-state index contributed by atoms with van der Waals surface area (Å²) < 4.78 is 5.75. The van der Waals surface area contributed by atoms with Gasteiger partial charge < -0.3 is 9.64 Å². The lowest BCUT2D eigenvalue weighted by Crippen LogP contribution is -2.42. The molecule has 3 aromatic rings. The van der Waals surface area contributed by atoms with Gasteiger partial charge in [-0.25, -0.2) is 9.97 Å². The van der Waals surface area contributed by atoms with Crippen molar-refractivity contribution in [1.82, 2.24) is 35.3 Å². The molecule has 130 valence electrons. The minimum absolute atomic E-state index is 0.0745. The van der Waals surface area contributed by atoms with Gasteiger partial charge in [0.1, 0.15) is 11.9 Å². The Kier molecular flexibility index (Phi) is 3.92. The minimum atomic E-state index is -0.318. The number of hydrogen-bond acceptors (Lipinski definition) is 6. The number of pyridine rings is 1. The number of aryl methyl sites for hydroxylation is 2. The van der Waals surface area contributed by atoms with Gasteiger partial charge in [0, 0.05) is 30.2 Å². The standard InChI is InChI=1S/C16H19N7O2/c1-3-13-18-15(22-20-13)12-8-23(4-5-25-12)16(24)10-6-11-9(2)19-21-14(11)17-7-10/h6-7,12H,3-5,8H2,1-2H3,(H,17,19,21)(H,18,20,22)/t12-/m0/s1. The first-order chi connectivity index (χ1) is 12.2. The van der Waals surface area contributed by atoms with Crippen molar-refractivity contribution >= 4 is 16.9 Å². The fourth-order valence-electron chi connectivity index (χ4n) is 2.92. The number of morpholine rings is 1. The number of amides is 1. The van der Waals surface area contributed by atoms with Crippen LogP contribution in [0.25, 0.3) is 11.0 Å². The summed E-state index contributed by atoms with van der Waals surface area (Å²) in [6.07, 6.45) is 2.02. The topological polar surface area (TPSA) is 113 Å². The van der Waals surface area contributed by atoms with Crippen molar-refractivity contribution in [3.8, 4) is 0 Å². The van der Waals surface area contributed by atoms with Crippen LogP contribution >= 0.6 is 0 Å². The van der Waals surface area contributed by atoms with Crippen molar-refractivity contribution in [3.63, 3.8) is 0 Å². The molecule has 4 heterocycles. The van der Waals surface area contributed by atoms with Crippen LogP contribution in [0.2, 0.25) is 0 Å². The van der Waals surface area contributed by atoms with Crippen molar-refractivity contribution in [2.45, 2.75) is 26.4 Å². The highest BCUT2D eigenvalue weighted by Crippen LogP contribution is 2.22. The molecule has 1 aliphatic rings. The first kappa shape index (κ1) is 15.7. The number of aromatic amines is 2. The Balaban J connectivity index is 1.55. The molecule has 9 nitrogen and oxygen atoms in total. The molecule has 1 aliphatic heterocycles.